The fourth-order valence-corrected chi connectivity index (χ4v) is 6.08. The van der Waals surface area contributed by atoms with E-state index >= 15 is 0 Å². The number of nitrogens with zero attached hydrogens (tertiary/aromatic N) is 5. The van der Waals surface area contributed by atoms with Crippen molar-refractivity contribution in [2.45, 2.75) is 108 Å². The van der Waals surface area contributed by atoms with Crippen molar-refractivity contribution in [1.82, 2.24) is 29.8 Å². The lowest BCUT2D eigenvalue weighted by atomic mass is 10.1. The molecule has 5 fully saturated rings. The van der Waals surface area contributed by atoms with Crippen LogP contribution in [0.25, 0.3) is 0 Å². The third-order valence-corrected chi connectivity index (χ3v) is 9.47. The van der Waals surface area contributed by atoms with Crippen LogP contribution in [-0.2, 0) is 28.7 Å². The lowest BCUT2D eigenvalue weighted by Gasteiger charge is -2.32. The van der Waals surface area contributed by atoms with Crippen LogP contribution in [0.1, 0.15) is 108 Å². The maximum atomic E-state index is 11.4. The normalized spacial score (nSPS) is 18.7. The van der Waals surface area contributed by atoms with Crippen LogP contribution < -0.4 is 5.32 Å². The van der Waals surface area contributed by atoms with Crippen LogP contribution in [0.3, 0.4) is 0 Å². The Kier molecular flexibility index (Phi) is 23.7. The van der Waals surface area contributed by atoms with Gasteiger partial charge in [-0.3, -0.25) is 24.0 Å². The zero-order valence-electron chi connectivity index (χ0n) is 34.7. The average molecular weight is 737 g/mol. The van der Waals surface area contributed by atoms with Gasteiger partial charge in [-0.2, -0.15) is 0 Å². The number of hydrogen-bond donors (Lipinski definition) is 1. The molecule has 5 heterocycles. The van der Waals surface area contributed by atoms with Gasteiger partial charge in [0.25, 0.3) is 0 Å². The molecule has 0 atom stereocenters. The van der Waals surface area contributed by atoms with Crippen molar-refractivity contribution < 1.29 is 28.7 Å². The zero-order chi connectivity index (χ0) is 39.2. The number of likely N-dealkylation sites (tertiary alicyclic amines) is 3. The third kappa shape index (κ3) is 18.3. The van der Waals surface area contributed by atoms with Gasteiger partial charge in [0.2, 0.25) is 29.5 Å². The Morgan fingerprint density at radius 1 is 0.365 bits per heavy atom. The summed E-state index contributed by atoms with van der Waals surface area (Å²) >= 11 is 0. The van der Waals surface area contributed by atoms with Crippen LogP contribution in [0.5, 0.6) is 0 Å². The van der Waals surface area contributed by atoms with Gasteiger partial charge < -0.3 is 34.6 Å². The molecule has 12 heteroatoms. The summed E-state index contributed by atoms with van der Waals surface area (Å²) in [4.78, 5) is 66.2. The first-order valence-electron chi connectivity index (χ1n) is 20.3. The summed E-state index contributed by atoms with van der Waals surface area (Å²) in [5.74, 6) is 2.28. The number of carbonyl (C=O) groups excluding carboxylic acids is 5. The second-order valence-electron chi connectivity index (χ2n) is 15.9. The highest BCUT2D eigenvalue weighted by molar-refractivity contribution is 5.80. The van der Waals surface area contributed by atoms with Gasteiger partial charge >= 0.3 is 0 Å². The first kappa shape index (κ1) is 47.3. The predicted molar refractivity (Wildman–Crippen MR) is 208 cm³/mol. The van der Waals surface area contributed by atoms with E-state index in [2.05, 4.69) is 5.32 Å². The summed E-state index contributed by atoms with van der Waals surface area (Å²) in [6.45, 7) is 31.9. The minimum Gasteiger partial charge on any atom is -0.378 e. The van der Waals surface area contributed by atoms with Gasteiger partial charge in [-0.25, -0.2) is 0 Å². The molecule has 0 unspecified atom stereocenters. The second kappa shape index (κ2) is 26.1. The first-order chi connectivity index (χ1) is 24.6. The molecule has 0 aromatic carbocycles. The number of ether oxygens (including phenoxy) is 1. The van der Waals surface area contributed by atoms with E-state index in [4.69, 9.17) is 4.74 Å². The molecule has 0 radical (unpaired) electrons. The molecule has 5 aliphatic rings. The highest BCUT2D eigenvalue weighted by Gasteiger charge is 2.23. The highest BCUT2D eigenvalue weighted by atomic mass is 16.5. The first-order valence-corrected chi connectivity index (χ1v) is 20.3. The van der Waals surface area contributed by atoms with E-state index < -0.39 is 0 Å². The number of morpholine rings is 1. The van der Waals surface area contributed by atoms with Crippen LogP contribution in [0.15, 0.2) is 0 Å². The number of amides is 5. The number of hydrogen-bond acceptors (Lipinski definition) is 7. The fourth-order valence-electron chi connectivity index (χ4n) is 6.08. The highest BCUT2D eigenvalue weighted by Crippen LogP contribution is 2.13. The van der Waals surface area contributed by atoms with Crippen molar-refractivity contribution in [2.75, 3.05) is 91.8 Å². The van der Waals surface area contributed by atoms with Crippen LogP contribution in [0, 0.1) is 29.6 Å². The molecule has 0 aromatic rings. The average Bonchev–Trinajstić information content (AvgIpc) is 3.67. The summed E-state index contributed by atoms with van der Waals surface area (Å²) in [6, 6.07) is 0. The van der Waals surface area contributed by atoms with E-state index in [9.17, 15) is 24.0 Å². The van der Waals surface area contributed by atoms with E-state index in [0.717, 1.165) is 78.5 Å². The largest absolute Gasteiger partial charge is 0.378 e. The molecule has 0 spiro atoms. The van der Waals surface area contributed by atoms with Gasteiger partial charge in [0.1, 0.15) is 0 Å². The number of piperazine rings is 1. The van der Waals surface area contributed by atoms with Gasteiger partial charge in [0.05, 0.1) is 13.2 Å². The summed E-state index contributed by atoms with van der Waals surface area (Å²) in [7, 11) is 0. The SMILES string of the molecule is CC(C)C(=O)N1CCC1.CC(C)C(=O)N1CCCC1.CC(C)C(=O)N1CCCCC1.CC(C)C(=O)N1CCNCC1.CC(C)C(=O)N1CCOCC1. The molecule has 5 saturated heterocycles. The lowest BCUT2D eigenvalue weighted by molar-refractivity contribution is -0.139. The Morgan fingerprint density at radius 2 is 0.615 bits per heavy atom. The van der Waals surface area contributed by atoms with Crippen LogP contribution in [0.2, 0.25) is 0 Å². The summed E-state index contributed by atoms with van der Waals surface area (Å²) in [5, 5.41) is 3.21. The van der Waals surface area contributed by atoms with E-state index in [0.29, 0.717) is 30.9 Å². The monoisotopic (exact) mass is 737 g/mol. The third-order valence-electron chi connectivity index (χ3n) is 9.47. The predicted octanol–water partition coefficient (Wildman–Crippen LogP) is 4.37. The Bertz CT molecular complexity index is 956. The lowest BCUT2D eigenvalue weighted by Crippen LogP contribution is -2.47. The molecule has 1 N–H and O–H groups in total. The quantitative estimate of drug-likeness (QED) is 0.445. The van der Waals surface area contributed by atoms with Crippen molar-refractivity contribution in [1.29, 1.82) is 0 Å². The maximum absolute atomic E-state index is 11.4. The smallest absolute Gasteiger partial charge is 0.225 e. The molecule has 5 aliphatic heterocycles. The number of carbonyl (C=O) groups is 5. The molecule has 12 nitrogen and oxygen atoms in total. The van der Waals surface area contributed by atoms with Crippen LogP contribution in [0.4, 0.5) is 0 Å². The Hall–Kier alpha value is -2.73. The number of piperidine rings is 1. The topological polar surface area (TPSA) is 123 Å². The van der Waals surface area contributed by atoms with Crippen molar-refractivity contribution >= 4 is 29.5 Å². The van der Waals surface area contributed by atoms with Crippen molar-refractivity contribution in [3.8, 4) is 0 Å². The second-order valence-corrected chi connectivity index (χ2v) is 15.9. The molecular weight excluding hydrogens is 660 g/mol. The van der Waals surface area contributed by atoms with Crippen LogP contribution >= 0.6 is 0 Å². The number of rotatable bonds is 5. The molecule has 0 bridgehead atoms. The molecule has 0 aliphatic carbocycles. The van der Waals surface area contributed by atoms with Gasteiger partial charge in [0.15, 0.2) is 0 Å². The number of nitrogens with one attached hydrogen (secondary N) is 1. The summed E-state index contributed by atoms with van der Waals surface area (Å²) in [6.07, 6.45) is 7.26. The minimum atomic E-state index is 0.119. The molecule has 0 saturated carbocycles. The van der Waals surface area contributed by atoms with E-state index in [1.807, 2.05) is 93.7 Å². The van der Waals surface area contributed by atoms with Gasteiger partial charge in [-0.1, -0.05) is 69.2 Å². The fraction of sp³-hybridized carbons (Fsp3) is 0.875. The van der Waals surface area contributed by atoms with Crippen molar-refractivity contribution in [3.05, 3.63) is 0 Å². The Balaban J connectivity index is 0.000000326. The van der Waals surface area contributed by atoms with E-state index in [1.54, 1.807) is 0 Å². The van der Waals surface area contributed by atoms with E-state index in [-0.39, 0.29) is 41.4 Å². The molecule has 5 amide bonds. The Labute approximate surface area is 316 Å². The van der Waals surface area contributed by atoms with Gasteiger partial charge in [-0.05, 0) is 38.5 Å². The van der Waals surface area contributed by atoms with Crippen molar-refractivity contribution in [3.63, 3.8) is 0 Å². The Morgan fingerprint density at radius 3 is 0.885 bits per heavy atom. The molecule has 0 aromatic heterocycles. The minimum absolute atomic E-state index is 0.119. The summed E-state index contributed by atoms with van der Waals surface area (Å²) < 4.78 is 5.14. The molecule has 302 valence electrons. The summed E-state index contributed by atoms with van der Waals surface area (Å²) in [5.41, 5.74) is 0. The molecule has 5 rings (SSSR count). The maximum Gasteiger partial charge on any atom is 0.225 e. The van der Waals surface area contributed by atoms with E-state index in [1.165, 1.54) is 38.5 Å². The standard InChI is InChI=1S/C9H17NO.C8H16N2O.C8H15NO2.C8H15NO.C7H13NO/c1-8(2)9(11)10-6-4-3-5-7-10;1-7(2)8(11)10-5-3-9-4-6-10;1-7(2)8(10)9-3-5-11-6-4-9;1-7(2)8(10)9-5-3-4-6-9;1-6(2)7(9)8-4-3-5-8/h8H,3-7H2,1-2H3;7,9H,3-6H2,1-2H3;7H,3-6H2,1-2H3;7H,3-6H2,1-2H3;6H,3-5H2,1-2H3. The zero-order valence-corrected chi connectivity index (χ0v) is 34.7. The van der Waals surface area contributed by atoms with Gasteiger partial charge in [0, 0.05) is 108 Å². The van der Waals surface area contributed by atoms with Crippen molar-refractivity contribution in [2.24, 2.45) is 29.6 Å². The van der Waals surface area contributed by atoms with Gasteiger partial charge in [-0.15, -0.1) is 0 Å². The molecular formula is C40H76N6O6. The molecule has 52 heavy (non-hydrogen) atoms. The van der Waals surface area contributed by atoms with Crippen LogP contribution in [-0.4, -0.2) is 146 Å².